The largest absolute Gasteiger partial charge is 0.469 e. The minimum atomic E-state index is -0.572. The number of benzene rings is 1. The van der Waals surface area contributed by atoms with E-state index in [2.05, 4.69) is 9.84 Å². The zero-order valence-electron chi connectivity index (χ0n) is 11.5. The van der Waals surface area contributed by atoms with Crippen LogP contribution in [0.4, 0.5) is 5.69 Å². The van der Waals surface area contributed by atoms with E-state index in [0.29, 0.717) is 5.69 Å². The lowest BCUT2D eigenvalue weighted by atomic mass is 10.2. The third-order valence-electron chi connectivity index (χ3n) is 3.06. The molecule has 1 aromatic heterocycles. The van der Waals surface area contributed by atoms with Crippen molar-refractivity contribution in [3.8, 4) is 5.69 Å². The number of carbonyl (C=O) groups is 1. The monoisotopic (exact) mass is 291 g/mol. The van der Waals surface area contributed by atoms with Gasteiger partial charge in [0, 0.05) is 11.8 Å². The number of esters is 1. The Kier molecular flexibility index (Phi) is 3.88. The van der Waals surface area contributed by atoms with Gasteiger partial charge in [0.25, 0.3) is 11.2 Å². The number of carbonyl (C=O) groups excluding carboxylic acids is 1. The van der Waals surface area contributed by atoms with E-state index in [4.69, 9.17) is 0 Å². The summed E-state index contributed by atoms with van der Waals surface area (Å²) in [4.78, 5) is 34.1. The lowest BCUT2D eigenvalue weighted by Crippen LogP contribution is -2.20. The van der Waals surface area contributed by atoms with Crippen LogP contribution < -0.4 is 5.56 Å². The van der Waals surface area contributed by atoms with E-state index in [9.17, 15) is 19.7 Å². The molecule has 21 heavy (non-hydrogen) atoms. The normalized spacial score (nSPS) is 10.4. The van der Waals surface area contributed by atoms with Crippen LogP contribution in [0.25, 0.3) is 5.69 Å². The molecule has 0 amide bonds. The van der Waals surface area contributed by atoms with Crippen LogP contribution >= 0.6 is 0 Å². The highest BCUT2D eigenvalue weighted by molar-refractivity contribution is 5.72. The van der Waals surface area contributed by atoms with Crippen molar-refractivity contribution < 1.29 is 14.5 Å². The van der Waals surface area contributed by atoms with Gasteiger partial charge in [0.15, 0.2) is 0 Å². The Hall–Kier alpha value is -2.90. The number of rotatable bonds is 4. The van der Waals surface area contributed by atoms with Gasteiger partial charge in [-0.05, 0) is 13.0 Å². The van der Waals surface area contributed by atoms with Crippen molar-refractivity contribution in [2.24, 2.45) is 0 Å². The van der Waals surface area contributed by atoms with Gasteiger partial charge in [0.05, 0.1) is 24.0 Å². The van der Waals surface area contributed by atoms with Gasteiger partial charge < -0.3 is 4.74 Å². The molecule has 0 spiro atoms. The van der Waals surface area contributed by atoms with Crippen molar-refractivity contribution in [3.63, 3.8) is 0 Å². The maximum Gasteiger partial charge on any atom is 0.310 e. The lowest BCUT2D eigenvalue weighted by Gasteiger charge is -2.02. The summed E-state index contributed by atoms with van der Waals surface area (Å²) in [7, 11) is 1.23. The minimum absolute atomic E-state index is 0.117. The van der Waals surface area contributed by atoms with Crippen LogP contribution in [0.2, 0.25) is 0 Å². The van der Waals surface area contributed by atoms with E-state index >= 15 is 0 Å². The molecule has 0 atom stereocenters. The third kappa shape index (κ3) is 2.69. The Morgan fingerprint density at radius 1 is 1.43 bits per heavy atom. The predicted molar refractivity (Wildman–Crippen MR) is 73.5 cm³/mol. The first-order valence-corrected chi connectivity index (χ1v) is 6.06. The number of aryl methyl sites for hydroxylation is 1. The summed E-state index contributed by atoms with van der Waals surface area (Å²) in [6.45, 7) is 1.62. The molecule has 2 aromatic rings. The van der Waals surface area contributed by atoms with Gasteiger partial charge in [-0.3, -0.25) is 24.8 Å². The zero-order chi connectivity index (χ0) is 15.6. The van der Waals surface area contributed by atoms with Crippen molar-refractivity contribution >= 4 is 11.7 Å². The number of nitro benzene ring substituents is 1. The van der Waals surface area contributed by atoms with Gasteiger partial charge in [0.2, 0.25) is 0 Å². The molecule has 0 saturated heterocycles. The van der Waals surface area contributed by atoms with E-state index in [1.807, 2.05) is 0 Å². The van der Waals surface area contributed by atoms with E-state index < -0.39 is 16.5 Å². The van der Waals surface area contributed by atoms with Crippen LogP contribution in [0.5, 0.6) is 0 Å². The fourth-order valence-electron chi connectivity index (χ4n) is 1.98. The molecule has 0 bridgehead atoms. The number of nitrogens with one attached hydrogen (secondary N) is 1. The summed E-state index contributed by atoms with van der Waals surface area (Å²) < 4.78 is 5.59. The van der Waals surface area contributed by atoms with Crippen molar-refractivity contribution in [3.05, 3.63) is 56.0 Å². The summed E-state index contributed by atoms with van der Waals surface area (Å²) in [5.74, 6) is -0.552. The molecule has 110 valence electrons. The SMILES string of the molecule is COC(=O)Cc1c(C)[nH]n(-c2ccccc2[N+](=O)[O-])c1=O. The Morgan fingerprint density at radius 2 is 2.10 bits per heavy atom. The molecule has 0 aliphatic heterocycles. The summed E-state index contributed by atoms with van der Waals surface area (Å²) in [6.07, 6.45) is -0.189. The maximum atomic E-state index is 12.3. The van der Waals surface area contributed by atoms with Crippen LogP contribution in [0.3, 0.4) is 0 Å². The highest BCUT2D eigenvalue weighted by Crippen LogP contribution is 2.20. The van der Waals surface area contributed by atoms with Gasteiger partial charge >= 0.3 is 5.97 Å². The van der Waals surface area contributed by atoms with Crippen LogP contribution in [0.15, 0.2) is 29.1 Å². The number of nitro groups is 1. The molecule has 8 heteroatoms. The fourth-order valence-corrected chi connectivity index (χ4v) is 1.98. The summed E-state index contributed by atoms with van der Waals surface area (Å²) in [5.41, 5.74) is 0.0907. The van der Waals surface area contributed by atoms with E-state index in [1.165, 1.54) is 25.3 Å². The van der Waals surface area contributed by atoms with E-state index in [-0.39, 0.29) is 23.4 Å². The Labute approximate surface area is 119 Å². The molecular weight excluding hydrogens is 278 g/mol. The molecule has 0 radical (unpaired) electrons. The molecule has 0 saturated carbocycles. The first kappa shape index (κ1) is 14.5. The highest BCUT2D eigenvalue weighted by Gasteiger charge is 2.21. The number of hydrogen-bond donors (Lipinski definition) is 1. The Balaban J connectivity index is 2.57. The number of methoxy groups -OCH3 is 1. The van der Waals surface area contributed by atoms with Gasteiger partial charge in [-0.2, -0.15) is 0 Å². The smallest absolute Gasteiger partial charge is 0.310 e. The second kappa shape index (κ2) is 5.61. The van der Waals surface area contributed by atoms with Crippen LogP contribution in [-0.4, -0.2) is 27.8 Å². The van der Waals surface area contributed by atoms with Crippen molar-refractivity contribution in [1.82, 2.24) is 9.78 Å². The number of ether oxygens (including phenoxy) is 1. The molecular formula is C13H13N3O5. The molecule has 1 heterocycles. The highest BCUT2D eigenvalue weighted by atomic mass is 16.6. The van der Waals surface area contributed by atoms with Crippen LogP contribution in [-0.2, 0) is 16.0 Å². The maximum absolute atomic E-state index is 12.3. The average molecular weight is 291 g/mol. The van der Waals surface area contributed by atoms with Gasteiger partial charge in [-0.1, -0.05) is 12.1 Å². The first-order valence-electron chi connectivity index (χ1n) is 6.06. The molecule has 2 rings (SSSR count). The first-order chi connectivity index (χ1) is 9.95. The number of hydrogen-bond acceptors (Lipinski definition) is 5. The number of aromatic amines is 1. The Morgan fingerprint density at radius 3 is 2.71 bits per heavy atom. The number of para-hydroxylation sites is 2. The van der Waals surface area contributed by atoms with Crippen LogP contribution in [0, 0.1) is 17.0 Å². The minimum Gasteiger partial charge on any atom is -0.469 e. The van der Waals surface area contributed by atoms with Gasteiger partial charge in [-0.15, -0.1) is 0 Å². The number of H-pyrrole nitrogens is 1. The summed E-state index contributed by atoms with van der Waals surface area (Å²) in [6, 6.07) is 5.86. The molecule has 0 aliphatic carbocycles. The Bertz CT molecular complexity index is 759. The second-order valence-corrected chi connectivity index (χ2v) is 4.35. The lowest BCUT2D eigenvalue weighted by molar-refractivity contribution is -0.384. The summed E-state index contributed by atoms with van der Waals surface area (Å²) in [5, 5.41) is 13.8. The summed E-state index contributed by atoms with van der Waals surface area (Å²) >= 11 is 0. The van der Waals surface area contributed by atoms with Crippen LogP contribution in [0.1, 0.15) is 11.3 Å². The molecule has 0 fully saturated rings. The quantitative estimate of drug-likeness (QED) is 0.515. The molecule has 0 aliphatic rings. The van der Waals surface area contributed by atoms with Crippen molar-refractivity contribution in [2.75, 3.05) is 7.11 Å². The van der Waals surface area contributed by atoms with E-state index in [1.54, 1.807) is 13.0 Å². The van der Waals surface area contributed by atoms with E-state index in [0.717, 1.165) is 4.68 Å². The number of nitrogens with zero attached hydrogens (tertiary/aromatic N) is 2. The standard InChI is InChI=1S/C13H13N3O5/c1-8-9(7-12(17)21-2)13(18)15(14-8)10-5-3-4-6-11(10)16(19)20/h3-6,14H,7H2,1-2H3. The molecule has 0 unspecified atom stereocenters. The zero-order valence-corrected chi connectivity index (χ0v) is 11.5. The predicted octanol–water partition coefficient (Wildman–Crippen LogP) is 1.10. The molecule has 1 aromatic carbocycles. The number of aromatic nitrogens is 2. The molecule has 1 N–H and O–H groups in total. The topological polar surface area (TPSA) is 107 Å². The van der Waals surface area contributed by atoms with Gasteiger partial charge in [0.1, 0.15) is 5.69 Å². The third-order valence-corrected chi connectivity index (χ3v) is 3.06. The van der Waals surface area contributed by atoms with Gasteiger partial charge in [-0.25, -0.2) is 4.68 Å². The fraction of sp³-hybridized carbons (Fsp3) is 0.231. The molecule has 8 nitrogen and oxygen atoms in total. The second-order valence-electron chi connectivity index (χ2n) is 4.35. The average Bonchev–Trinajstić information content (AvgIpc) is 2.75. The van der Waals surface area contributed by atoms with Crippen molar-refractivity contribution in [1.29, 1.82) is 0 Å². The van der Waals surface area contributed by atoms with Crippen molar-refractivity contribution in [2.45, 2.75) is 13.3 Å².